The third kappa shape index (κ3) is 2.20. The summed E-state index contributed by atoms with van der Waals surface area (Å²) in [7, 11) is 0. The van der Waals surface area contributed by atoms with Crippen LogP contribution >= 0.6 is 11.8 Å². The Kier molecular flexibility index (Phi) is 3.80. The molecule has 1 aliphatic heterocycles. The molecule has 0 aromatic rings. The van der Waals surface area contributed by atoms with Crippen LogP contribution in [0.1, 0.15) is 20.3 Å². The Balaban J connectivity index is 2.67. The zero-order chi connectivity index (χ0) is 10.7. The van der Waals surface area contributed by atoms with Crippen molar-refractivity contribution in [3.63, 3.8) is 0 Å². The fraction of sp³-hybridized carbons (Fsp3) is 0.778. The average molecular weight is 217 g/mol. The minimum absolute atomic E-state index is 0.0371. The Morgan fingerprint density at radius 2 is 2.29 bits per heavy atom. The predicted octanol–water partition coefficient (Wildman–Crippen LogP) is 1.02. The lowest BCUT2D eigenvalue weighted by Gasteiger charge is -2.23. The third-order valence-corrected chi connectivity index (χ3v) is 3.50. The number of carbonyl (C=O) groups is 2. The van der Waals surface area contributed by atoms with Crippen molar-refractivity contribution >= 4 is 23.6 Å². The van der Waals surface area contributed by atoms with Crippen LogP contribution in [0.25, 0.3) is 0 Å². The van der Waals surface area contributed by atoms with Crippen LogP contribution in [0.2, 0.25) is 0 Å². The first-order chi connectivity index (χ1) is 6.57. The van der Waals surface area contributed by atoms with Gasteiger partial charge in [0.15, 0.2) is 0 Å². The Bertz CT molecular complexity index is 244. The van der Waals surface area contributed by atoms with Gasteiger partial charge in [-0.15, -0.1) is 11.8 Å². The number of nitrogens with zero attached hydrogens (tertiary/aromatic N) is 1. The van der Waals surface area contributed by atoms with Gasteiger partial charge in [0.25, 0.3) is 0 Å². The lowest BCUT2D eigenvalue weighted by atomic mass is 10.1. The Morgan fingerprint density at radius 1 is 1.64 bits per heavy atom. The van der Waals surface area contributed by atoms with E-state index >= 15 is 0 Å². The van der Waals surface area contributed by atoms with Gasteiger partial charge in [0, 0.05) is 11.7 Å². The third-order valence-electron chi connectivity index (χ3n) is 2.48. The fourth-order valence-electron chi connectivity index (χ4n) is 1.32. The number of hydrogen-bond donors (Lipinski definition) is 1. The molecule has 0 spiro atoms. The van der Waals surface area contributed by atoms with Crippen molar-refractivity contribution < 1.29 is 14.7 Å². The molecule has 0 aromatic carbocycles. The molecule has 0 aromatic heterocycles. The molecule has 1 saturated heterocycles. The predicted molar refractivity (Wildman–Crippen MR) is 55.0 cm³/mol. The fourth-order valence-corrected chi connectivity index (χ4v) is 2.48. The number of rotatable bonds is 3. The van der Waals surface area contributed by atoms with Gasteiger partial charge < -0.3 is 10.0 Å². The smallest absolute Gasteiger partial charge is 0.327 e. The summed E-state index contributed by atoms with van der Waals surface area (Å²) in [5.41, 5.74) is 0. The number of thioether (sulfide) groups is 1. The van der Waals surface area contributed by atoms with E-state index in [0.29, 0.717) is 11.6 Å². The normalized spacial score (nSPS) is 23.6. The molecule has 14 heavy (non-hydrogen) atoms. The van der Waals surface area contributed by atoms with E-state index in [1.54, 1.807) is 0 Å². The largest absolute Gasteiger partial charge is 0.480 e. The van der Waals surface area contributed by atoms with Crippen LogP contribution in [-0.4, -0.2) is 39.6 Å². The molecule has 0 saturated carbocycles. The number of hydrogen-bond acceptors (Lipinski definition) is 3. The SMILES string of the molecule is CC[C@H](C)C(=O)N1CSC[C@@H]1C(=O)O. The molecule has 1 N–H and O–H groups in total. The van der Waals surface area contributed by atoms with E-state index in [0.717, 1.165) is 6.42 Å². The van der Waals surface area contributed by atoms with E-state index in [4.69, 9.17) is 5.11 Å². The van der Waals surface area contributed by atoms with Crippen LogP contribution in [0.5, 0.6) is 0 Å². The Morgan fingerprint density at radius 3 is 2.79 bits per heavy atom. The monoisotopic (exact) mass is 217 g/mol. The number of carbonyl (C=O) groups excluding carboxylic acids is 1. The second-order valence-corrected chi connectivity index (χ2v) is 4.47. The van der Waals surface area contributed by atoms with E-state index in [-0.39, 0.29) is 11.8 Å². The summed E-state index contributed by atoms with van der Waals surface area (Å²) in [4.78, 5) is 24.0. The van der Waals surface area contributed by atoms with Crippen LogP contribution in [-0.2, 0) is 9.59 Å². The van der Waals surface area contributed by atoms with Crippen molar-refractivity contribution in [2.45, 2.75) is 26.3 Å². The van der Waals surface area contributed by atoms with Crippen LogP contribution in [0.15, 0.2) is 0 Å². The molecule has 1 rings (SSSR count). The maximum atomic E-state index is 11.7. The summed E-state index contributed by atoms with van der Waals surface area (Å²) in [6, 6.07) is -0.624. The molecule has 0 bridgehead atoms. The summed E-state index contributed by atoms with van der Waals surface area (Å²) in [5, 5.41) is 8.88. The first kappa shape index (κ1) is 11.4. The van der Waals surface area contributed by atoms with Gasteiger partial charge in [-0.1, -0.05) is 13.8 Å². The molecule has 80 valence electrons. The van der Waals surface area contributed by atoms with Crippen LogP contribution in [0.3, 0.4) is 0 Å². The highest BCUT2D eigenvalue weighted by atomic mass is 32.2. The highest BCUT2D eigenvalue weighted by Gasteiger charge is 2.35. The number of aliphatic carboxylic acids is 1. The lowest BCUT2D eigenvalue weighted by molar-refractivity contribution is -0.149. The van der Waals surface area contributed by atoms with Gasteiger partial charge in [0.1, 0.15) is 6.04 Å². The molecule has 5 heteroatoms. The molecule has 0 unspecified atom stereocenters. The molecule has 0 radical (unpaired) electrons. The highest BCUT2D eigenvalue weighted by molar-refractivity contribution is 7.99. The van der Waals surface area contributed by atoms with Crippen molar-refractivity contribution in [2.24, 2.45) is 5.92 Å². The molecule has 1 heterocycles. The molecule has 0 aliphatic carbocycles. The van der Waals surface area contributed by atoms with Crippen molar-refractivity contribution in [3.8, 4) is 0 Å². The lowest BCUT2D eigenvalue weighted by Crippen LogP contribution is -2.43. The van der Waals surface area contributed by atoms with Crippen LogP contribution < -0.4 is 0 Å². The van der Waals surface area contributed by atoms with Gasteiger partial charge in [0.05, 0.1) is 5.88 Å². The van der Waals surface area contributed by atoms with E-state index in [2.05, 4.69) is 0 Å². The second-order valence-electron chi connectivity index (χ2n) is 3.47. The van der Waals surface area contributed by atoms with Gasteiger partial charge in [-0.05, 0) is 6.42 Å². The number of amides is 1. The number of carboxylic acids is 1. The zero-order valence-corrected chi connectivity index (χ0v) is 9.21. The van der Waals surface area contributed by atoms with E-state index in [1.165, 1.54) is 16.7 Å². The summed E-state index contributed by atoms with van der Waals surface area (Å²) >= 11 is 1.50. The van der Waals surface area contributed by atoms with Crippen molar-refractivity contribution in [3.05, 3.63) is 0 Å². The summed E-state index contributed by atoms with van der Waals surface area (Å²) < 4.78 is 0. The summed E-state index contributed by atoms with van der Waals surface area (Å²) in [6.07, 6.45) is 0.756. The maximum Gasteiger partial charge on any atom is 0.327 e. The molecule has 1 aliphatic rings. The molecular formula is C9H15NO3S. The Hall–Kier alpha value is -0.710. The molecule has 4 nitrogen and oxygen atoms in total. The first-order valence-electron chi connectivity index (χ1n) is 4.69. The van der Waals surface area contributed by atoms with E-state index in [1.807, 2.05) is 13.8 Å². The van der Waals surface area contributed by atoms with Gasteiger partial charge in [-0.2, -0.15) is 0 Å². The van der Waals surface area contributed by atoms with E-state index < -0.39 is 12.0 Å². The van der Waals surface area contributed by atoms with Crippen LogP contribution in [0, 0.1) is 5.92 Å². The average Bonchev–Trinajstić information content (AvgIpc) is 2.63. The Labute approximate surface area is 87.7 Å². The molecule has 1 fully saturated rings. The topological polar surface area (TPSA) is 57.6 Å². The van der Waals surface area contributed by atoms with Gasteiger partial charge in [0.2, 0.25) is 5.91 Å². The molecular weight excluding hydrogens is 202 g/mol. The minimum Gasteiger partial charge on any atom is -0.480 e. The summed E-state index contributed by atoms with van der Waals surface area (Å²) in [5.74, 6) is 0.0181. The van der Waals surface area contributed by atoms with Gasteiger partial charge >= 0.3 is 5.97 Å². The minimum atomic E-state index is -0.897. The van der Waals surface area contributed by atoms with Crippen molar-refractivity contribution in [1.82, 2.24) is 4.90 Å². The highest BCUT2D eigenvalue weighted by Crippen LogP contribution is 2.23. The quantitative estimate of drug-likeness (QED) is 0.766. The summed E-state index contributed by atoms with van der Waals surface area (Å²) in [6.45, 7) is 3.77. The standard InChI is InChI=1S/C9H15NO3S/c1-3-6(2)8(11)10-5-14-4-7(10)9(12)13/h6-7H,3-5H2,1-2H3,(H,12,13)/t6-,7+/m0/s1. The first-order valence-corrected chi connectivity index (χ1v) is 5.84. The van der Waals surface area contributed by atoms with Gasteiger partial charge in [-0.3, -0.25) is 4.79 Å². The second kappa shape index (κ2) is 4.68. The van der Waals surface area contributed by atoms with E-state index in [9.17, 15) is 9.59 Å². The molecule has 2 atom stereocenters. The van der Waals surface area contributed by atoms with Crippen molar-refractivity contribution in [1.29, 1.82) is 0 Å². The molecule has 1 amide bonds. The maximum absolute atomic E-state index is 11.7. The van der Waals surface area contributed by atoms with Gasteiger partial charge in [-0.25, -0.2) is 4.79 Å². The zero-order valence-electron chi connectivity index (χ0n) is 8.40. The number of carboxylic acid groups (broad SMARTS) is 1. The van der Waals surface area contributed by atoms with Crippen LogP contribution in [0.4, 0.5) is 0 Å². The van der Waals surface area contributed by atoms with Crippen molar-refractivity contribution in [2.75, 3.05) is 11.6 Å².